The molecule has 2 atom stereocenters. The van der Waals surface area contributed by atoms with E-state index in [1.807, 2.05) is 11.9 Å². The number of piperazine rings is 1. The van der Waals surface area contributed by atoms with E-state index in [4.69, 9.17) is 0 Å². The molecule has 2 unspecified atom stereocenters. The number of likely N-dealkylation sites (tertiary alicyclic amines) is 1. The molecule has 0 spiro atoms. The van der Waals surface area contributed by atoms with Crippen molar-refractivity contribution in [1.29, 1.82) is 0 Å². The number of hydrogen-bond acceptors (Lipinski definition) is 4. The zero-order chi connectivity index (χ0) is 12.2. The van der Waals surface area contributed by atoms with Gasteiger partial charge in [0.2, 0.25) is 0 Å². The van der Waals surface area contributed by atoms with Gasteiger partial charge in [0.15, 0.2) is 5.82 Å². The van der Waals surface area contributed by atoms with Gasteiger partial charge in [0.1, 0.15) is 0 Å². The van der Waals surface area contributed by atoms with Gasteiger partial charge in [-0.15, -0.1) is 5.10 Å². The molecule has 2 aliphatic heterocycles. The lowest BCUT2D eigenvalue weighted by atomic mass is 9.86. The quantitative estimate of drug-likeness (QED) is 0.737. The minimum Gasteiger partial charge on any atom is -0.348 e. The molecule has 0 amide bonds. The van der Waals surface area contributed by atoms with Gasteiger partial charge in [-0.05, 0) is 13.1 Å². The molecule has 1 aromatic rings. The maximum Gasteiger partial charge on any atom is 0.418 e. The first-order chi connectivity index (χ1) is 7.97. The fourth-order valence-electron chi connectivity index (χ4n) is 2.39. The smallest absolute Gasteiger partial charge is 0.348 e. The Hall–Kier alpha value is -1.37. The van der Waals surface area contributed by atoms with Crippen molar-refractivity contribution in [1.82, 2.24) is 15.1 Å². The van der Waals surface area contributed by atoms with Crippen LogP contribution in [0.25, 0.3) is 0 Å². The van der Waals surface area contributed by atoms with Crippen molar-refractivity contribution in [2.45, 2.75) is 18.3 Å². The maximum atomic E-state index is 12.5. The lowest BCUT2D eigenvalue weighted by Crippen LogP contribution is -2.78. The van der Waals surface area contributed by atoms with Crippen LogP contribution in [0.2, 0.25) is 0 Å². The molecule has 17 heavy (non-hydrogen) atoms. The third-order valence-corrected chi connectivity index (χ3v) is 3.53. The molecule has 2 aliphatic rings. The zero-order valence-corrected chi connectivity index (χ0v) is 9.15. The van der Waals surface area contributed by atoms with Crippen molar-refractivity contribution in [2.24, 2.45) is 0 Å². The summed E-state index contributed by atoms with van der Waals surface area (Å²) in [5, 5.41) is 7.21. The summed E-state index contributed by atoms with van der Waals surface area (Å²) in [6.07, 6.45) is -3.60. The molecular weight excluding hydrogens is 233 g/mol. The van der Waals surface area contributed by atoms with Gasteiger partial charge >= 0.3 is 6.18 Å². The first-order valence-electron chi connectivity index (χ1n) is 5.33. The number of halogens is 3. The average Bonchev–Trinajstić information content (AvgIpc) is 2.25. The summed E-state index contributed by atoms with van der Waals surface area (Å²) in [7, 11) is 2.01. The fraction of sp³-hybridized carbons (Fsp3) is 0.600. The topological polar surface area (TPSA) is 32.3 Å². The summed E-state index contributed by atoms with van der Waals surface area (Å²) >= 11 is 0. The highest BCUT2D eigenvalue weighted by Gasteiger charge is 2.50. The zero-order valence-electron chi connectivity index (χ0n) is 9.15. The van der Waals surface area contributed by atoms with Crippen LogP contribution in [0.5, 0.6) is 0 Å². The van der Waals surface area contributed by atoms with Crippen molar-refractivity contribution >= 4 is 5.82 Å². The second-order valence-corrected chi connectivity index (χ2v) is 4.53. The van der Waals surface area contributed by atoms with Crippen LogP contribution < -0.4 is 4.90 Å². The van der Waals surface area contributed by atoms with Crippen LogP contribution in [-0.2, 0) is 6.18 Å². The number of rotatable bonds is 1. The molecule has 7 heteroatoms. The molecule has 3 heterocycles. The lowest BCUT2D eigenvalue weighted by Gasteiger charge is -2.61. The molecule has 0 aliphatic carbocycles. The SMILES string of the molecule is CN1CC2C1CN2c1cc(C(F)(F)F)cnn1. The van der Waals surface area contributed by atoms with Gasteiger partial charge in [-0.1, -0.05) is 0 Å². The van der Waals surface area contributed by atoms with E-state index in [1.54, 1.807) is 0 Å². The number of anilines is 1. The molecule has 0 N–H and O–H groups in total. The van der Waals surface area contributed by atoms with Crippen LogP contribution in [0.1, 0.15) is 5.56 Å². The third kappa shape index (κ3) is 1.56. The van der Waals surface area contributed by atoms with E-state index in [-0.39, 0.29) is 0 Å². The van der Waals surface area contributed by atoms with Crippen molar-refractivity contribution in [3.05, 3.63) is 17.8 Å². The number of fused-ring (bicyclic) bond motifs is 1. The molecule has 3 rings (SSSR count). The lowest BCUT2D eigenvalue weighted by molar-refractivity contribution is -0.137. The van der Waals surface area contributed by atoms with Gasteiger partial charge in [0.25, 0.3) is 0 Å². The molecule has 92 valence electrons. The van der Waals surface area contributed by atoms with Crippen molar-refractivity contribution in [3.63, 3.8) is 0 Å². The van der Waals surface area contributed by atoms with Gasteiger partial charge in [-0.3, -0.25) is 4.90 Å². The van der Waals surface area contributed by atoms with Crippen molar-refractivity contribution in [3.8, 4) is 0 Å². The Bertz CT molecular complexity index is 447. The Kier molecular flexibility index (Phi) is 2.10. The molecule has 0 radical (unpaired) electrons. The van der Waals surface area contributed by atoms with Crippen molar-refractivity contribution < 1.29 is 13.2 Å². The highest BCUT2D eigenvalue weighted by molar-refractivity contribution is 5.48. The van der Waals surface area contributed by atoms with Crippen LogP contribution in [-0.4, -0.2) is 47.3 Å². The molecule has 0 aromatic carbocycles. The van der Waals surface area contributed by atoms with E-state index in [0.29, 0.717) is 17.9 Å². The Morgan fingerprint density at radius 3 is 2.59 bits per heavy atom. The number of aromatic nitrogens is 2. The molecule has 0 bridgehead atoms. The minimum atomic E-state index is -4.36. The Labute approximate surface area is 96.0 Å². The van der Waals surface area contributed by atoms with E-state index in [1.165, 1.54) is 0 Å². The van der Waals surface area contributed by atoms with E-state index in [0.717, 1.165) is 25.4 Å². The molecule has 0 saturated carbocycles. The van der Waals surface area contributed by atoms with E-state index < -0.39 is 11.7 Å². The van der Waals surface area contributed by atoms with E-state index >= 15 is 0 Å². The summed E-state index contributed by atoms with van der Waals surface area (Å²) in [6, 6.07) is 1.84. The van der Waals surface area contributed by atoms with Gasteiger partial charge in [0, 0.05) is 19.1 Å². The van der Waals surface area contributed by atoms with Gasteiger partial charge < -0.3 is 4.90 Å². The standard InChI is InChI=1S/C10H11F3N4/c1-16-4-8-7(16)5-17(8)9-2-6(3-14-15-9)10(11,12)13/h2-3,7-8H,4-5H2,1H3. The number of alkyl halides is 3. The van der Waals surface area contributed by atoms with Gasteiger partial charge in [-0.2, -0.15) is 18.3 Å². The van der Waals surface area contributed by atoms with Crippen LogP contribution in [0.15, 0.2) is 12.3 Å². The van der Waals surface area contributed by atoms with Crippen LogP contribution in [0, 0.1) is 0 Å². The molecular formula is C10H11F3N4. The predicted molar refractivity (Wildman–Crippen MR) is 54.6 cm³/mol. The Balaban J connectivity index is 1.81. The Morgan fingerprint density at radius 1 is 1.29 bits per heavy atom. The first kappa shape index (κ1) is 10.8. The molecule has 2 fully saturated rings. The monoisotopic (exact) mass is 244 g/mol. The highest BCUT2D eigenvalue weighted by Crippen LogP contribution is 2.37. The second-order valence-electron chi connectivity index (χ2n) is 4.53. The molecule has 1 aromatic heterocycles. The second kappa shape index (κ2) is 3.32. The summed E-state index contributed by atoms with van der Waals surface area (Å²) in [6.45, 7) is 1.61. The summed E-state index contributed by atoms with van der Waals surface area (Å²) in [4.78, 5) is 4.06. The van der Waals surface area contributed by atoms with Crippen LogP contribution >= 0.6 is 0 Å². The largest absolute Gasteiger partial charge is 0.418 e. The van der Waals surface area contributed by atoms with Crippen molar-refractivity contribution in [2.75, 3.05) is 25.0 Å². The normalized spacial score (nSPS) is 28.4. The van der Waals surface area contributed by atoms with Gasteiger partial charge in [-0.25, -0.2) is 0 Å². The number of nitrogens with zero attached hydrogens (tertiary/aromatic N) is 4. The van der Waals surface area contributed by atoms with E-state index in [2.05, 4.69) is 15.1 Å². The summed E-state index contributed by atoms with van der Waals surface area (Å²) < 4.78 is 37.5. The van der Waals surface area contributed by atoms with E-state index in [9.17, 15) is 13.2 Å². The number of hydrogen-bond donors (Lipinski definition) is 0. The van der Waals surface area contributed by atoms with Crippen LogP contribution in [0.4, 0.5) is 19.0 Å². The third-order valence-electron chi connectivity index (χ3n) is 3.53. The average molecular weight is 244 g/mol. The summed E-state index contributed by atoms with van der Waals surface area (Å²) in [5.74, 6) is 0.328. The highest BCUT2D eigenvalue weighted by atomic mass is 19.4. The predicted octanol–water partition coefficient (Wildman–Crippen LogP) is 0.998. The minimum absolute atomic E-state index is 0.304. The molecule has 2 saturated heterocycles. The van der Waals surface area contributed by atoms with Gasteiger partial charge in [0.05, 0.1) is 17.8 Å². The maximum absolute atomic E-state index is 12.5. The number of likely N-dealkylation sites (N-methyl/N-ethyl adjacent to an activating group) is 1. The fourth-order valence-corrected chi connectivity index (χ4v) is 2.39. The van der Waals surface area contributed by atoms with Crippen LogP contribution in [0.3, 0.4) is 0 Å². The summed E-state index contributed by atoms with van der Waals surface area (Å²) in [5.41, 5.74) is -0.737. The Morgan fingerprint density at radius 2 is 2.06 bits per heavy atom. The first-order valence-corrected chi connectivity index (χ1v) is 5.33. The molecule has 4 nitrogen and oxygen atoms in total.